The molecule has 0 unspecified atom stereocenters. The Hall–Kier alpha value is -2.41. The topological polar surface area (TPSA) is 68.5 Å². The Morgan fingerprint density at radius 3 is 2.92 bits per heavy atom. The third-order valence-electron chi connectivity index (χ3n) is 3.83. The SMILES string of the molecule is CCOC(=O)c1cn2nc(NCc3cccc(Br)c3)ncc2c1CC. The van der Waals surface area contributed by atoms with E-state index >= 15 is 0 Å². The van der Waals surface area contributed by atoms with Gasteiger partial charge in [-0.25, -0.2) is 14.3 Å². The maximum absolute atomic E-state index is 12.1. The minimum absolute atomic E-state index is 0.325. The first kappa shape index (κ1) is 17.4. The molecule has 0 amide bonds. The molecule has 130 valence electrons. The van der Waals surface area contributed by atoms with Crippen LogP contribution in [0.5, 0.6) is 0 Å². The molecule has 0 saturated carbocycles. The zero-order valence-corrected chi connectivity index (χ0v) is 15.7. The second-order valence-electron chi connectivity index (χ2n) is 5.49. The number of benzene rings is 1. The maximum Gasteiger partial charge on any atom is 0.340 e. The van der Waals surface area contributed by atoms with E-state index in [-0.39, 0.29) is 5.97 Å². The first-order chi connectivity index (χ1) is 12.1. The molecular formula is C18H19BrN4O2. The van der Waals surface area contributed by atoms with Crippen molar-refractivity contribution in [3.05, 3.63) is 57.8 Å². The van der Waals surface area contributed by atoms with E-state index in [4.69, 9.17) is 4.74 Å². The Morgan fingerprint density at radius 1 is 1.36 bits per heavy atom. The van der Waals surface area contributed by atoms with Crippen molar-refractivity contribution >= 4 is 33.4 Å². The molecule has 2 aromatic heterocycles. The minimum atomic E-state index is -0.325. The number of esters is 1. The van der Waals surface area contributed by atoms with E-state index in [1.165, 1.54) is 0 Å². The summed E-state index contributed by atoms with van der Waals surface area (Å²) in [6.45, 7) is 4.75. The van der Waals surface area contributed by atoms with Crippen LogP contribution in [0.1, 0.15) is 35.3 Å². The predicted molar refractivity (Wildman–Crippen MR) is 99.8 cm³/mol. The number of nitrogens with zero attached hydrogens (tertiary/aromatic N) is 3. The fourth-order valence-electron chi connectivity index (χ4n) is 2.68. The Balaban J connectivity index is 1.85. The molecule has 1 aromatic carbocycles. The molecular weight excluding hydrogens is 384 g/mol. The molecule has 25 heavy (non-hydrogen) atoms. The molecule has 0 bridgehead atoms. The van der Waals surface area contributed by atoms with Crippen molar-refractivity contribution < 1.29 is 9.53 Å². The Bertz CT molecular complexity index is 907. The van der Waals surface area contributed by atoms with Crippen LogP contribution in [0.3, 0.4) is 0 Å². The zero-order chi connectivity index (χ0) is 17.8. The molecule has 1 N–H and O–H groups in total. The number of nitrogens with one attached hydrogen (secondary N) is 1. The van der Waals surface area contributed by atoms with Gasteiger partial charge in [0.05, 0.1) is 23.9 Å². The van der Waals surface area contributed by atoms with Crippen molar-refractivity contribution in [1.29, 1.82) is 0 Å². The van der Waals surface area contributed by atoms with E-state index < -0.39 is 0 Å². The molecule has 0 saturated heterocycles. The summed E-state index contributed by atoms with van der Waals surface area (Å²) in [7, 11) is 0. The van der Waals surface area contributed by atoms with Crippen LogP contribution in [0.25, 0.3) is 5.52 Å². The number of anilines is 1. The summed E-state index contributed by atoms with van der Waals surface area (Å²) in [5, 5.41) is 7.66. The number of aryl methyl sites for hydroxylation is 1. The van der Waals surface area contributed by atoms with Crippen LogP contribution in [0.15, 0.2) is 41.1 Å². The van der Waals surface area contributed by atoms with Crippen LogP contribution >= 0.6 is 15.9 Å². The number of carbonyl (C=O) groups is 1. The van der Waals surface area contributed by atoms with Crippen molar-refractivity contribution in [2.45, 2.75) is 26.8 Å². The number of ether oxygens (including phenoxy) is 1. The Morgan fingerprint density at radius 2 is 2.20 bits per heavy atom. The van der Waals surface area contributed by atoms with Crippen LogP contribution in [-0.4, -0.2) is 27.2 Å². The van der Waals surface area contributed by atoms with Crippen LogP contribution in [0.2, 0.25) is 0 Å². The molecule has 2 heterocycles. The number of carbonyl (C=O) groups excluding carboxylic acids is 1. The third-order valence-corrected chi connectivity index (χ3v) is 4.33. The highest BCUT2D eigenvalue weighted by atomic mass is 79.9. The fourth-order valence-corrected chi connectivity index (χ4v) is 3.13. The lowest BCUT2D eigenvalue weighted by molar-refractivity contribution is 0.0525. The maximum atomic E-state index is 12.1. The van der Waals surface area contributed by atoms with E-state index in [0.29, 0.717) is 31.1 Å². The van der Waals surface area contributed by atoms with Gasteiger partial charge in [-0.05, 0) is 36.6 Å². The van der Waals surface area contributed by atoms with Crippen LogP contribution < -0.4 is 5.32 Å². The summed E-state index contributed by atoms with van der Waals surface area (Å²) in [6, 6.07) is 8.03. The van der Waals surface area contributed by atoms with E-state index in [0.717, 1.165) is 21.1 Å². The summed E-state index contributed by atoms with van der Waals surface area (Å²) < 4.78 is 7.84. The molecule has 0 spiro atoms. The average molecular weight is 403 g/mol. The lowest BCUT2D eigenvalue weighted by atomic mass is 10.1. The molecule has 7 heteroatoms. The Kier molecular flexibility index (Phi) is 5.33. The van der Waals surface area contributed by atoms with Crippen LogP contribution in [-0.2, 0) is 17.7 Å². The first-order valence-electron chi connectivity index (χ1n) is 8.15. The molecule has 0 fully saturated rings. The van der Waals surface area contributed by atoms with Crippen LogP contribution in [0.4, 0.5) is 5.95 Å². The molecule has 6 nitrogen and oxygen atoms in total. The average Bonchev–Trinajstić information content (AvgIpc) is 2.98. The molecule has 0 aliphatic rings. The number of rotatable bonds is 6. The van der Waals surface area contributed by atoms with Gasteiger partial charge in [-0.2, -0.15) is 0 Å². The van der Waals surface area contributed by atoms with Gasteiger partial charge in [0.15, 0.2) is 0 Å². The van der Waals surface area contributed by atoms with E-state index in [2.05, 4.69) is 31.3 Å². The smallest absolute Gasteiger partial charge is 0.340 e. The second kappa shape index (κ2) is 7.65. The van der Waals surface area contributed by atoms with Crippen molar-refractivity contribution in [3.63, 3.8) is 0 Å². The third kappa shape index (κ3) is 3.82. The number of hydrogen-bond acceptors (Lipinski definition) is 5. The minimum Gasteiger partial charge on any atom is -0.462 e. The lowest BCUT2D eigenvalue weighted by Crippen LogP contribution is -2.06. The van der Waals surface area contributed by atoms with Crippen molar-refractivity contribution in [3.8, 4) is 0 Å². The van der Waals surface area contributed by atoms with Gasteiger partial charge < -0.3 is 10.1 Å². The lowest BCUT2D eigenvalue weighted by Gasteiger charge is -2.06. The molecule has 3 rings (SSSR count). The summed E-state index contributed by atoms with van der Waals surface area (Å²) in [4.78, 5) is 16.5. The quantitative estimate of drug-likeness (QED) is 0.634. The fraction of sp³-hybridized carbons (Fsp3) is 0.278. The monoisotopic (exact) mass is 402 g/mol. The van der Waals surface area contributed by atoms with Crippen LogP contribution in [0, 0.1) is 0 Å². The van der Waals surface area contributed by atoms with Crippen molar-refractivity contribution in [2.24, 2.45) is 0 Å². The second-order valence-corrected chi connectivity index (χ2v) is 6.41. The Labute approximate surface area is 154 Å². The summed E-state index contributed by atoms with van der Waals surface area (Å²) in [5.41, 5.74) is 3.38. The zero-order valence-electron chi connectivity index (χ0n) is 14.1. The number of halogens is 1. The summed E-state index contributed by atoms with van der Waals surface area (Å²) in [5.74, 6) is 0.175. The number of hydrogen-bond donors (Lipinski definition) is 1. The normalized spacial score (nSPS) is 10.8. The standard InChI is InChI=1S/C18H19BrN4O2/c1-3-14-15(17(24)25-4-2)11-23-16(14)10-21-18(22-23)20-9-12-6-5-7-13(19)8-12/h5-8,10-11H,3-4,9H2,1-2H3,(H,20,22). The molecule has 0 atom stereocenters. The van der Waals surface area contributed by atoms with Gasteiger partial charge in [0.1, 0.15) is 0 Å². The van der Waals surface area contributed by atoms with E-state index in [1.807, 2.05) is 31.2 Å². The van der Waals surface area contributed by atoms with Crippen molar-refractivity contribution in [1.82, 2.24) is 14.6 Å². The van der Waals surface area contributed by atoms with Gasteiger partial charge in [-0.3, -0.25) is 0 Å². The highest BCUT2D eigenvalue weighted by Gasteiger charge is 2.18. The number of aromatic nitrogens is 3. The van der Waals surface area contributed by atoms with E-state index in [9.17, 15) is 4.79 Å². The van der Waals surface area contributed by atoms with Gasteiger partial charge >= 0.3 is 5.97 Å². The predicted octanol–water partition coefficient (Wildman–Crippen LogP) is 3.84. The molecule has 0 radical (unpaired) electrons. The molecule has 0 aliphatic carbocycles. The molecule has 3 aromatic rings. The van der Waals surface area contributed by atoms with Gasteiger partial charge in [0, 0.05) is 17.2 Å². The van der Waals surface area contributed by atoms with Crippen molar-refractivity contribution in [2.75, 3.05) is 11.9 Å². The highest BCUT2D eigenvalue weighted by Crippen LogP contribution is 2.20. The largest absolute Gasteiger partial charge is 0.462 e. The molecule has 0 aliphatic heterocycles. The summed E-state index contributed by atoms with van der Waals surface area (Å²) in [6.07, 6.45) is 4.15. The van der Waals surface area contributed by atoms with E-state index in [1.54, 1.807) is 23.8 Å². The van der Waals surface area contributed by atoms with Gasteiger partial charge in [-0.1, -0.05) is 35.0 Å². The van der Waals surface area contributed by atoms with Gasteiger partial charge in [-0.15, -0.1) is 5.10 Å². The first-order valence-corrected chi connectivity index (χ1v) is 8.94. The van der Waals surface area contributed by atoms with Gasteiger partial charge in [0.25, 0.3) is 0 Å². The number of fused-ring (bicyclic) bond motifs is 1. The summed E-state index contributed by atoms with van der Waals surface area (Å²) >= 11 is 3.46. The highest BCUT2D eigenvalue weighted by molar-refractivity contribution is 9.10. The van der Waals surface area contributed by atoms with Gasteiger partial charge in [0.2, 0.25) is 5.95 Å².